The van der Waals surface area contributed by atoms with Crippen LogP contribution in [-0.2, 0) is 0 Å². The molecule has 1 rings (SSSR count). The highest BCUT2D eigenvalue weighted by Crippen LogP contribution is 2.21. The summed E-state index contributed by atoms with van der Waals surface area (Å²) >= 11 is 1.58. The molecule has 0 radical (unpaired) electrons. The second-order valence-corrected chi connectivity index (χ2v) is 3.27. The van der Waals surface area contributed by atoms with Gasteiger partial charge in [-0.2, -0.15) is 0 Å². The molecule has 3 heteroatoms. The zero-order chi connectivity index (χ0) is 8.97. The van der Waals surface area contributed by atoms with Gasteiger partial charge in [-0.25, -0.2) is 0 Å². The Bertz CT molecular complexity index is 275. The minimum Gasteiger partial charge on any atom is -0.319 e. The molecule has 0 unspecified atom stereocenters. The van der Waals surface area contributed by atoms with E-state index in [1.54, 1.807) is 11.9 Å². The molecule has 0 N–H and O–H groups in total. The fraction of sp³-hybridized carbons (Fsp3) is 0.222. The van der Waals surface area contributed by atoms with Gasteiger partial charge in [-0.3, -0.25) is 4.79 Å². The van der Waals surface area contributed by atoms with Gasteiger partial charge in [0.05, 0.1) is 5.69 Å². The topological polar surface area (TPSA) is 20.3 Å². The Morgan fingerprint density at radius 1 is 1.42 bits per heavy atom. The third-order valence-electron chi connectivity index (χ3n) is 1.68. The number of anilines is 1. The van der Waals surface area contributed by atoms with Crippen LogP contribution in [0.15, 0.2) is 24.3 Å². The molecular formula is C9H11NOS. The van der Waals surface area contributed by atoms with E-state index < -0.39 is 0 Å². The lowest BCUT2D eigenvalue weighted by Gasteiger charge is -2.16. The normalized spacial score (nSPS) is 9.50. The number of hydrogen-bond acceptors (Lipinski definition) is 3. The van der Waals surface area contributed by atoms with E-state index in [9.17, 15) is 4.79 Å². The Kier molecular flexibility index (Phi) is 3.17. The maximum absolute atomic E-state index is 10.6. The SMILES string of the molecule is CSN(C)c1ccccc1C=O. The van der Waals surface area contributed by atoms with Crippen LogP contribution in [-0.4, -0.2) is 19.6 Å². The molecule has 0 heterocycles. The van der Waals surface area contributed by atoms with Crippen LogP contribution in [0.4, 0.5) is 5.69 Å². The molecule has 0 aliphatic carbocycles. The second-order valence-electron chi connectivity index (χ2n) is 2.36. The number of para-hydroxylation sites is 1. The highest BCUT2D eigenvalue weighted by molar-refractivity contribution is 7.99. The lowest BCUT2D eigenvalue weighted by molar-refractivity contribution is 0.112. The van der Waals surface area contributed by atoms with Crippen molar-refractivity contribution in [1.29, 1.82) is 0 Å². The Morgan fingerprint density at radius 3 is 2.67 bits per heavy atom. The minimum absolute atomic E-state index is 0.731. The van der Waals surface area contributed by atoms with Crippen molar-refractivity contribution in [2.75, 3.05) is 17.6 Å². The predicted molar refractivity (Wildman–Crippen MR) is 53.7 cm³/mol. The first-order chi connectivity index (χ1) is 5.79. The average Bonchev–Trinajstić information content (AvgIpc) is 2.16. The molecule has 1 aromatic rings. The summed E-state index contributed by atoms with van der Waals surface area (Å²) in [5, 5.41) is 0. The molecule has 12 heavy (non-hydrogen) atoms. The zero-order valence-electron chi connectivity index (χ0n) is 7.15. The first-order valence-electron chi connectivity index (χ1n) is 3.61. The van der Waals surface area contributed by atoms with Gasteiger partial charge in [0.15, 0.2) is 6.29 Å². The van der Waals surface area contributed by atoms with Crippen molar-refractivity contribution in [3.05, 3.63) is 29.8 Å². The van der Waals surface area contributed by atoms with E-state index in [4.69, 9.17) is 0 Å². The van der Waals surface area contributed by atoms with E-state index in [0.717, 1.165) is 17.5 Å². The van der Waals surface area contributed by atoms with Crippen molar-refractivity contribution in [2.45, 2.75) is 0 Å². The van der Waals surface area contributed by atoms with Crippen LogP contribution in [0.1, 0.15) is 10.4 Å². The van der Waals surface area contributed by atoms with Gasteiger partial charge in [-0.1, -0.05) is 24.1 Å². The summed E-state index contributed by atoms with van der Waals surface area (Å²) in [6.45, 7) is 0. The molecule has 0 bridgehead atoms. The summed E-state index contributed by atoms with van der Waals surface area (Å²) in [4.78, 5) is 10.6. The molecule has 2 nitrogen and oxygen atoms in total. The van der Waals surface area contributed by atoms with Crippen molar-refractivity contribution >= 4 is 23.9 Å². The molecule has 0 spiro atoms. The second kappa shape index (κ2) is 4.16. The van der Waals surface area contributed by atoms with E-state index in [1.165, 1.54) is 0 Å². The average molecular weight is 181 g/mol. The number of hydrogen-bond donors (Lipinski definition) is 0. The third-order valence-corrected chi connectivity index (χ3v) is 2.42. The summed E-state index contributed by atoms with van der Waals surface area (Å²) in [6, 6.07) is 7.53. The Morgan fingerprint density at radius 2 is 2.08 bits per heavy atom. The number of rotatable bonds is 3. The van der Waals surface area contributed by atoms with Crippen molar-refractivity contribution in [2.24, 2.45) is 0 Å². The molecule has 0 amide bonds. The molecule has 64 valence electrons. The Hall–Kier alpha value is -0.960. The standard InChI is InChI=1S/C9H11NOS/c1-10(12-2)9-6-4-3-5-8(9)7-11/h3-7H,1-2H3. The minimum atomic E-state index is 0.731. The molecule has 0 aliphatic heterocycles. The van der Waals surface area contributed by atoms with Crippen LogP contribution in [0.5, 0.6) is 0 Å². The van der Waals surface area contributed by atoms with Crippen molar-refractivity contribution in [3.8, 4) is 0 Å². The van der Waals surface area contributed by atoms with Gasteiger partial charge in [-0.05, 0) is 12.1 Å². The molecule has 0 aromatic heterocycles. The van der Waals surface area contributed by atoms with E-state index in [-0.39, 0.29) is 0 Å². The van der Waals surface area contributed by atoms with Gasteiger partial charge in [-0.15, -0.1) is 0 Å². The van der Waals surface area contributed by atoms with Crippen LogP contribution in [0.25, 0.3) is 0 Å². The third kappa shape index (κ3) is 1.80. The molecule has 0 aliphatic rings. The van der Waals surface area contributed by atoms with E-state index in [0.29, 0.717) is 0 Å². The largest absolute Gasteiger partial charge is 0.319 e. The number of aldehydes is 1. The predicted octanol–water partition coefficient (Wildman–Crippen LogP) is 2.21. The summed E-state index contributed by atoms with van der Waals surface area (Å²) < 4.78 is 1.96. The molecule has 1 aromatic carbocycles. The Balaban J connectivity index is 3.04. The maximum Gasteiger partial charge on any atom is 0.152 e. The van der Waals surface area contributed by atoms with Crippen LogP contribution in [0.3, 0.4) is 0 Å². The maximum atomic E-state index is 10.6. The van der Waals surface area contributed by atoms with E-state index in [1.807, 2.05) is 41.9 Å². The zero-order valence-corrected chi connectivity index (χ0v) is 7.97. The number of carbonyl (C=O) groups excluding carboxylic acids is 1. The first-order valence-corrected chi connectivity index (χ1v) is 4.80. The van der Waals surface area contributed by atoms with E-state index in [2.05, 4.69) is 0 Å². The fourth-order valence-corrected chi connectivity index (χ4v) is 1.34. The summed E-state index contributed by atoms with van der Waals surface area (Å²) in [7, 11) is 1.94. The molecule has 0 atom stereocenters. The first kappa shape index (κ1) is 9.13. The van der Waals surface area contributed by atoms with Gasteiger partial charge in [0.2, 0.25) is 0 Å². The van der Waals surface area contributed by atoms with Crippen molar-refractivity contribution in [1.82, 2.24) is 0 Å². The van der Waals surface area contributed by atoms with Crippen LogP contribution in [0.2, 0.25) is 0 Å². The monoisotopic (exact) mass is 181 g/mol. The van der Waals surface area contributed by atoms with Gasteiger partial charge in [0.25, 0.3) is 0 Å². The van der Waals surface area contributed by atoms with Crippen LogP contribution in [0, 0.1) is 0 Å². The summed E-state index contributed by atoms with van der Waals surface area (Å²) in [5.41, 5.74) is 1.69. The Labute approximate surface area is 76.7 Å². The van der Waals surface area contributed by atoms with E-state index >= 15 is 0 Å². The molecule has 0 saturated heterocycles. The van der Waals surface area contributed by atoms with Gasteiger partial charge in [0, 0.05) is 18.9 Å². The smallest absolute Gasteiger partial charge is 0.152 e. The van der Waals surface area contributed by atoms with Crippen LogP contribution >= 0.6 is 11.9 Å². The number of carbonyl (C=O) groups is 1. The van der Waals surface area contributed by atoms with Crippen molar-refractivity contribution < 1.29 is 4.79 Å². The quantitative estimate of drug-likeness (QED) is 0.526. The lowest BCUT2D eigenvalue weighted by Crippen LogP contribution is -2.07. The van der Waals surface area contributed by atoms with Gasteiger partial charge < -0.3 is 4.31 Å². The molecular weight excluding hydrogens is 170 g/mol. The number of benzene rings is 1. The number of nitrogens with zero attached hydrogens (tertiary/aromatic N) is 1. The van der Waals surface area contributed by atoms with Gasteiger partial charge >= 0.3 is 0 Å². The molecule has 0 saturated carbocycles. The highest BCUT2D eigenvalue weighted by Gasteiger charge is 2.03. The summed E-state index contributed by atoms with van der Waals surface area (Å²) in [5.74, 6) is 0. The fourth-order valence-electron chi connectivity index (χ4n) is 0.972. The molecule has 0 fully saturated rings. The van der Waals surface area contributed by atoms with Crippen LogP contribution < -0.4 is 4.31 Å². The summed E-state index contributed by atoms with van der Waals surface area (Å²) in [6.07, 6.45) is 2.85. The van der Waals surface area contributed by atoms with Gasteiger partial charge in [0.1, 0.15) is 0 Å². The van der Waals surface area contributed by atoms with Crippen molar-refractivity contribution in [3.63, 3.8) is 0 Å². The highest BCUT2D eigenvalue weighted by atomic mass is 32.2. The lowest BCUT2D eigenvalue weighted by atomic mass is 10.2.